The van der Waals surface area contributed by atoms with Crippen LogP contribution in [-0.2, 0) is 12.8 Å². The van der Waals surface area contributed by atoms with Gasteiger partial charge in [0.05, 0.1) is 5.69 Å². The van der Waals surface area contributed by atoms with E-state index in [2.05, 4.69) is 9.59 Å². The van der Waals surface area contributed by atoms with Gasteiger partial charge >= 0.3 is 0 Å². The summed E-state index contributed by atoms with van der Waals surface area (Å²) in [6.45, 7) is 2.04. The van der Waals surface area contributed by atoms with Crippen molar-refractivity contribution in [3.05, 3.63) is 44.4 Å². The van der Waals surface area contributed by atoms with Gasteiger partial charge in [-0.3, -0.25) is 4.79 Å². The predicted molar refractivity (Wildman–Crippen MR) is 78.4 cm³/mol. The van der Waals surface area contributed by atoms with E-state index in [0.29, 0.717) is 14.9 Å². The standard InChI is InChI=1S/C13H12Cl2N2OS/c1-2-3-11-13(19-17-16-11)12(18)7-8-6-9(14)4-5-10(8)15/h4-6H,2-3,7H2,1H3. The van der Waals surface area contributed by atoms with Gasteiger partial charge < -0.3 is 0 Å². The van der Waals surface area contributed by atoms with Crippen LogP contribution in [0.4, 0.5) is 0 Å². The van der Waals surface area contributed by atoms with Crippen molar-refractivity contribution >= 4 is 40.5 Å². The Hall–Kier alpha value is -0.970. The summed E-state index contributed by atoms with van der Waals surface area (Å²) < 4.78 is 3.86. The van der Waals surface area contributed by atoms with Gasteiger partial charge in [-0.25, -0.2) is 0 Å². The summed E-state index contributed by atoms with van der Waals surface area (Å²) in [7, 11) is 0. The van der Waals surface area contributed by atoms with Crippen LogP contribution in [0, 0.1) is 0 Å². The maximum Gasteiger partial charge on any atom is 0.180 e. The maximum atomic E-state index is 12.3. The van der Waals surface area contributed by atoms with Crippen molar-refractivity contribution in [3.8, 4) is 0 Å². The second-order valence-electron chi connectivity index (χ2n) is 4.13. The molecule has 0 aliphatic heterocycles. The van der Waals surface area contributed by atoms with Crippen LogP contribution in [0.2, 0.25) is 10.0 Å². The molecule has 0 aliphatic carbocycles. The van der Waals surface area contributed by atoms with E-state index < -0.39 is 0 Å². The lowest BCUT2D eigenvalue weighted by atomic mass is 10.1. The highest BCUT2D eigenvalue weighted by molar-refractivity contribution is 7.08. The first kappa shape index (κ1) is 14.4. The van der Waals surface area contributed by atoms with Gasteiger partial charge in [-0.2, -0.15) is 0 Å². The van der Waals surface area contributed by atoms with E-state index in [9.17, 15) is 4.79 Å². The summed E-state index contributed by atoms with van der Waals surface area (Å²) in [6.07, 6.45) is 1.92. The van der Waals surface area contributed by atoms with Crippen molar-refractivity contribution < 1.29 is 4.79 Å². The highest BCUT2D eigenvalue weighted by Crippen LogP contribution is 2.23. The van der Waals surface area contributed by atoms with Crippen LogP contribution in [0.15, 0.2) is 18.2 Å². The molecule has 2 aromatic rings. The Morgan fingerprint density at radius 1 is 1.37 bits per heavy atom. The number of aromatic nitrogens is 2. The van der Waals surface area contributed by atoms with Crippen molar-refractivity contribution in [2.75, 3.05) is 0 Å². The predicted octanol–water partition coefficient (Wildman–Crippen LogP) is 4.22. The van der Waals surface area contributed by atoms with Gasteiger partial charge in [0.15, 0.2) is 5.78 Å². The minimum Gasteiger partial charge on any atom is -0.293 e. The zero-order valence-electron chi connectivity index (χ0n) is 10.3. The summed E-state index contributed by atoms with van der Waals surface area (Å²) in [4.78, 5) is 12.9. The topological polar surface area (TPSA) is 42.9 Å². The van der Waals surface area contributed by atoms with Crippen molar-refractivity contribution in [1.29, 1.82) is 0 Å². The lowest BCUT2D eigenvalue weighted by Gasteiger charge is -2.04. The van der Waals surface area contributed by atoms with Crippen LogP contribution in [-0.4, -0.2) is 15.4 Å². The molecular weight excluding hydrogens is 303 g/mol. The Bertz CT molecular complexity index is 598. The highest BCUT2D eigenvalue weighted by atomic mass is 35.5. The third-order valence-electron chi connectivity index (χ3n) is 2.65. The van der Waals surface area contributed by atoms with Gasteiger partial charge in [0.2, 0.25) is 0 Å². The summed E-state index contributed by atoms with van der Waals surface area (Å²) in [5.74, 6) is -0.0115. The molecule has 0 fully saturated rings. The molecule has 2 rings (SSSR count). The average Bonchev–Trinajstić information content (AvgIpc) is 2.82. The number of aryl methyl sites for hydroxylation is 1. The fourth-order valence-corrected chi connectivity index (χ4v) is 2.78. The van der Waals surface area contributed by atoms with Crippen LogP contribution in [0.5, 0.6) is 0 Å². The van der Waals surface area contributed by atoms with E-state index in [1.807, 2.05) is 6.92 Å². The Morgan fingerprint density at radius 2 is 2.16 bits per heavy atom. The molecule has 0 radical (unpaired) electrons. The minimum absolute atomic E-state index is 0.0115. The Labute approximate surface area is 125 Å². The zero-order chi connectivity index (χ0) is 13.8. The SMILES string of the molecule is CCCc1nnsc1C(=O)Cc1cc(Cl)ccc1Cl. The van der Waals surface area contributed by atoms with E-state index >= 15 is 0 Å². The first-order valence-corrected chi connectivity index (χ1v) is 7.43. The summed E-state index contributed by atoms with van der Waals surface area (Å²) >= 11 is 13.1. The number of ketones is 1. The second kappa shape index (κ2) is 6.46. The Kier molecular flexibility index (Phi) is 4.91. The smallest absolute Gasteiger partial charge is 0.180 e. The van der Waals surface area contributed by atoms with Crippen molar-refractivity contribution in [2.24, 2.45) is 0 Å². The van der Waals surface area contributed by atoms with Crippen molar-refractivity contribution in [2.45, 2.75) is 26.2 Å². The molecule has 100 valence electrons. The third kappa shape index (κ3) is 3.53. The van der Waals surface area contributed by atoms with E-state index in [-0.39, 0.29) is 12.2 Å². The number of benzene rings is 1. The molecule has 6 heteroatoms. The molecule has 1 heterocycles. The molecule has 0 unspecified atom stereocenters. The van der Waals surface area contributed by atoms with Gasteiger partial charge in [-0.05, 0) is 41.7 Å². The average molecular weight is 315 g/mol. The molecule has 0 atom stereocenters. The number of hydrogen-bond acceptors (Lipinski definition) is 4. The summed E-state index contributed by atoms with van der Waals surface area (Å²) in [6, 6.07) is 5.12. The van der Waals surface area contributed by atoms with Crippen LogP contribution in [0.25, 0.3) is 0 Å². The quantitative estimate of drug-likeness (QED) is 0.776. The number of carbonyl (C=O) groups is 1. The van der Waals surface area contributed by atoms with Gasteiger partial charge in [0, 0.05) is 16.5 Å². The van der Waals surface area contributed by atoms with Gasteiger partial charge in [-0.15, -0.1) is 5.10 Å². The fourth-order valence-electron chi connectivity index (χ4n) is 1.75. The zero-order valence-corrected chi connectivity index (χ0v) is 12.6. The highest BCUT2D eigenvalue weighted by Gasteiger charge is 2.17. The first-order chi connectivity index (χ1) is 9.11. The van der Waals surface area contributed by atoms with Crippen molar-refractivity contribution in [3.63, 3.8) is 0 Å². The van der Waals surface area contributed by atoms with E-state index in [0.717, 1.165) is 35.6 Å². The van der Waals surface area contributed by atoms with Crippen LogP contribution < -0.4 is 0 Å². The number of hydrogen-bond donors (Lipinski definition) is 0. The lowest BCUT2D eigenvalue weighted by molar-refractivity contribution is 0.0996. The summed E-state index contributed by atoms with van der Waals surface area (Å²) in [5.41, 5.74) is 1.51. The normalized spacial score (nSPS) is 10.7. The molecule has 3 nitrogen and oxygen atoms in total. The molecular formula is C13H12Cl2N2OS. The molecule has 1 aromatic heterocycles. The Morgan fingerprint density at radius 3 is 2.89 bits per heavy atom. The van der Waals surface area contributed by atoms with E-state index in [4.69, 9.17) is 23.2 Å². The first-order valence-electron chi connectivity index (χ1n) is 5.90. The lowest BCUT2D eigenvalue weighted by Crippen LogP contribution is -2.05. The number of rotatable bonds is 5. The molecule has 19 heavy (non-hydrogen) atoms. The van der Waals surface area contributed by atoms with E-state index in [1.165, 1.54) is 0 Å². The molecule has 0 saturated carbocycles. The van der Waals surface area contributed by atoms with E-state index in [1.54, 1.807) is 18.2 Å². The van der Waals surface area contributed by atoms with Crippen LogP contribution in [0.1, 0.15) is 34.3 Å². The number of Topliss-reactive ketones (excluding diaryl/α,β-unsaturated/α-hetero) is 1. The largest absolute Gasteiger partial charge is 0.293 e. The summed E-state index contributed by atoms with van der Waals surface area (Å²) in [5, 5.41) is 5.12. The second-order valence-corrected chi connectivity index (χ2v) is 5.73. The molecule has 0 amide bonds. The molecule has 0 spiro atoms. The number of carbonyl (C=O) groups excluding carboxylic acids is 1. The maximum absolute atomic E-state index is 12.3. The van der Waals surface area contributed by atoms with Crippen LogP contribution >= 0.6 is 34.7 Å². The fraction of sp³-hybridized carbons (Fsp3) is 0.308. The van der Waals surface area contributed by atoms with Gasteiger partial charge in [-0.1, -0.05) is 41.0 Å². The van der Waals surface area contributed by atoms with Crippen LogP contribution in [0.3, 0.4) is 0 Å². The van der Waals surface area contributed by atoms with Gasteiger partial charge in [0.1, 0.15) is 4.88 Å². The third-order valence-corrected chi connectivity index (χ3v) is 4.07. The molecule has 1 aromatic carbocycles. The molecule has 0 aliphatic rings. The van der Waals surface area contributed by atoms with Crippen molar-refractivity contribution in [1.82, 2.24) is 9.59 Å². The Balaban J connectivity index is 2.21. The molecule has 0 saturated heterocycles. The van der Waals surface area contributed by atoms with Gasteiger partial charge in [0.25, 0.3) is 0 Å². The minimum atomic E-state index is -0.0115. The molecule has 0 bridgehead atoms. The number of halogens is 2. The molecule has 0 N–H and O–H groups in total. The number of nitrogens with zero attached hydrogens (tertiary/aromatic N) is 2. The monoisotopic (exact) mass is 314 g/mol.